The molecule has 0 amide bonds. The number of benzene rings is 1. The minimum atomic E-state index is 0.616. The summed E-state index contributed by atoms with van der Waals surface area (Å²) in [5.41, 5.74) is 2.49. The summed E-state index contributed by atoms with van der Waals surface area (Å²) in [5, 5.41) is 3.26. The molecule has 0 spiro atoms. The van der Waals surface area contributed by atoms with Crippen molar-refractivity contribution in [2.45, 2.75) is 6.54 Å². The lowest BCUT2D eigenvalue weighted by Gasteiger charge is -2.06. The van der Waals surface area contributed by atoms with E-state index in [-0.39, 0.29) is 0 Å². The van der Waals surface area contributed by atoms with Gasteiger partial charge in [0.2, 0.25) is 0 Å². The maximum atomic E-state index is 5.09. The molecule has 21 heavy (non-hydrogen) atoms. The maximum Gasteiger partial charge on any atom is 0.165 e. The lowest BCUT2D eigenvalue weighted by atomic mass is 10.3. The lowest BCUT2D eigenvalue weighted by Crippen LogP contribution is -2.04. The van der Waals surface area contributed by atoms with E-state index in [0.717, 1.165) is 21.3 Å². The molecular weight excluding hydrogens is 334 g/mol. The van der Waals surface area contributed by atoms with Gasteiger partial charge in [0.15, 0.2) is 17.0 Å². The third-order valence-electron chi connectivity index (χ3n) is 3.04. The van der Waals surface area contributed by atoms with Gasteiger partial charge in [-0.15, -0.1) is 0 Å². The second kappa shape index (κ2) is 6.19. The summed E-state index contributed by atoms with van der Waals surface area (Å²) in [6, 6.07) is 7.88. The number of aromatic nitrogens is 4. The highest BCUT2D eigenvalue weighted by Crippen LogP contribution is 2.22. The average molecular weight is 348 g/mol. The first-order valence-electron chi connectivity index (χ1n) is 6.45. The highest BCUT2D eigenvalue weighted by atomic mass is 79.9. The van der Waals surface area contributed by atoms with Crippen molar-refractivity contribution in [2.75, 3.05) is 19.0 Å². The minimum absolute atomic E-state index is 0.616. The maximum absolute atomic E-state index is 5.09. The number of fused-ring (bicyclic) bond motifs is 1. The van der Waals surface area contributed by atoms with Crippen molar-refractivity contribution in [2.24, 2.45) is 0 Å². The molecule has 1 aromatic carbocycles. The Morgan fingerprint density at radius 3 is 2.76 bits per heavy atom. The van der Waals surface area contributed by atoms with Crippen LogP contribution in [0.15, 0.2) is 41.4 Å². The van der Waals surface area contributed by atoms with Crippen molar-refractivity contribution in [1.82, 2.24) is 19.5 Å². The highest BCUT2D eigenvalue weighted by molar-refractivity contribution is 9.10. The fourth-order valence-corrected chi connectivity index (χ4v) is 2.26. The number of ether oxygens (including phenoxy) is 1. The van der Waals surface area contributed by atoms with Crippen LogP contribution >= 0.6 is 15.9 Å². The first-order valence-corrected chi connectivity index (χ1v) is 7.24. The van der Waals surface area contributed by atoms with E-state index in [0.29, 0.717) is 19.0 Å². The van der Waals surface area contributed by atoms with E-state index in [1.54, 1.807) is 13.4 Å². The van der Waals surface area contributed by atoms with Crippen LogP contribution < -0.4 is 5.32 Å². The largest absolute Gasteiger partial charge is 0.383 e. The Balaban J connectivity index is 1.92. The van der Waals surface area contributed by atoms with Crippen LogP contribution in [0.3, 0.4) is 0 Å². The average Bonchev–Trinajstić information content (AvgIpc) is 2.92. The Kier molecular flexibility index (Phi) is 4.12. The summed E-state index contributed by atoms with van der Waals surface area (Å²) in [5.74, 6) is 0.693. The molecule has 108 valence electrons. The lowest BCUT2D eigenvalue weighted by molar-refractivity contribution is 0.188. The number of rotatable bonds is 5. The van der Waals surface area contributed by atoms with Crippen LogP contribution in [0, 0.1) is 0 Å². The second-order valence-corrected chi connectivity index (χ2v) is 5.37. The third kappa shape index (κ3) is 3.03. The molecule has 2 heterocycles. The van der Waals surface area contributed by atoms with Gasteiger partial charge in [-0.05, 0) is 24.3 Å². The van der Waals surface area contributed by atoms with Crippen LogP contribution in [0.25, 0.3) is 11.2 Å². The van der Waals surface area contributed by atoms with Crippen LogP contribution in [0.4, 0.5) is 11.5 Å². The molecule has 0 aliphatic rings. The molecule has 0 saturated heterocycles. The van der Waals surface area contributed by atoms with Crippen molar-refractivity contribution < 1.29 is 4.74 Å². The molecule has 0 aliphatic heterocycles. The first kappa shape index (κ1) is 14.0. The van der Waals surface area contributed by atoms with Crippen LogP contribution in [0.2, 0.25) is 0 Å². The van der Waals surface area contributed by atoms with E-state index in [9.17, 15) is 0 Å². The minimum Gasteiger partial charge on any atom is -0.383 e. The number of halogens is 1. The van der Waals surface area contributed by atoms with Crippen molar-refractivity contribution in [1.29, 1.82) is 0 Å². The molecule has 3 aromatic rings. The van der Waals surface area contributed by atoms with Gasteiger partial charge in [-0.25, -0.2) is 15.0 Å². The number of nitrogens with zero attached hydrogens (tertiary/aromatic N) is 4. The smallest absolute Gasteiger partial charge is 0.165 e. The van der Waals surface area contributed by atoms with Crippen molar-refractivity contribution in [3.8, 4) is 0 Å². The van der Waals surface area contributed by atoms with Crippen LogP contribution in [-0.4, -0.2) is 33.2 Å². The van der Waals surface area contributed by atoms with Gasteiger partial charge in [0.1, 0.15) is 6.33 Å². The quantitative estimate of drug-likeness (QED) is 0.768. The summed E-state index contributed by atoms with van der Waals surface area (Å²) in [4.78, 5) is 13.0. The molecule has 0 aliphatic carbocycles. The van der Waals surface area contributed by atoms with Gasteiger partial charge in [-0.1, -0.05) is 15.9 Å². The summed E-state index contributed by atoms with van der Waals surface area (Å²) < 4.78 is 8.07. The Bertz CT molecular complexity index is 741. The molecule has 2 aromatic heterocycles. The number of anilines is 2. The second-order valence-electron chi connectivity index (χ2n) is 4.46. The standard InChI is InChI=1S/C14H14BrN5O/c1-21-7-6-20-9-18-12-13(16-8-17-14(12)20)19-11-4-2-10(15)3-5-11/h2-5,8-9H,6-7H2,1H3,(H,16,17,19). The summed E-state index contributed by atoms with van der Waals surface area (Å²) in [7, 11) is 1.68. The van der Waals surface area contributed by atoms with E-state index in [4.69, 9.17) is 4.74 Å². The van der Waals surface area contributed by atoms with Gasteiger partial charge in [-0.2, -0.15) is 0 Å². The number of methoxy groups -OCH3 is 1. The molecule has 0 unspecified atom stereocenters. The van der Waals surface area contributed by atoms with Gasteiger partial charge in [0.05, 0.1) is 12.9 Å². The van der Waals surface area contributed by atoms with Gasteiger partial charge >= 0.3 is 0 Å². The van der Waals surface area contributed by atoms with Gasteiger partial charge in [0, 0.05) is 23.8 Å². The predicted octanol–water partition coefficient (Wildman–Crippen LogP) is 2.98. The molecular formula is C14H14BrN5O. The van der Waals surface area contributed by atoms with Crippen molar-refractivity contribution in [3.63, 3.8) is 0 Å². The Morgan fingerprint density at radius 1 is 1.19 bits per heavy atom. The molecule has 6 nitrogen and oxygen atoms in total. The number of nitrogens with one attached hydrogen (secondary N) is 1. The van der Waals surface area contributed by atoms with E-state index in [2.05, 4.69) is 36.2 Å². The molecule has 0 bridgehead atoms. The van der Waals surface area contributed by atoms with Crippen LogP contribution in [0.5, 0.6) is 0 Å². The summed E-state index contributed by atoms with van der Waals surface area (Å²) in [6.07, 6.45) is 3.29. The van der Waals surface area contributed by atoms with Crippen molar-refractivity contribution >= 4 is 38.6 Å². The zero-order chi connectivity index (χ0) is 14.7. The van der Waals surface area contributed by atoms with E-state index < -0.39 is 0 Å². The normalized spacial score (nSPS) is 11.0. The molecule has 1 N–H and O–H groups in total. The fourth-order valence-electron chi connectivity index (χ4n) is 2.00. The Hall–Kier alpha value is -1.99. The monoisotopic (exact) mass is 347 g/mol. The number of hydrogen-bond donors (Lipinski definition) is 1. The fraction of sp³-hybridized carbons (Fsp3) is 0.214. The third-order valence-corrected chi connectivity index (χ3v) is 3.57. The number of hydrogen-bond acceptors (Lipinski definition) is 5. The van der Waals surface area contributed by atoms with Crippen LogP contribution in [-0.2, 0) is 11.3 Å². The number of imidazole rings is 1. The van der Waals surface area contributed by atoms with E-state index >= 15 is 0 Å². The zero-order valence-corrected chi connectivity index (χ0v) is 13.0. The molecule has 0 fully saturated rings. The molecule has 0 saturated carbocycles. The molecule has 7 heteroatoms. The topological polar surface area (TPSA) is 64.9 Å². The van der Waals surface area contributed by atoms with Gasteiger partial charge in [0.25, 0.3) is 0 Å². The van der Waals surface area contributed by atoms with Gasteiger partial charge < -0.3 is 14.6 Å². The molecule has 0 radical (unpaired) electrons. The van der Waals surface area contributed by atoms with Crippen LogP contribution in [0.1, 0.15) is 0 Å². The van der Waals surface area contributed by atoms with Crippen molar-refractivity contribution in [3.05, 3.63) is 41.4 Å². The molecule has 3 rings (SSSR count). The zero-order valence-electron chi connectivity index (χ0n) is 11.5. The highest BCUT2D eigenvalue weighted by Gasteiger charge is 2.10. The van der Waals surface area contributed by atoms with Gasteiger partial charge in [-0.3, -0.25) is 0 Å². The Labute approximate surface area is 130 Å². The predicted molar refractivity (Wildman–Crippen MR) is 84.6 cm³/mol. The summed E-state index contributed by atoms with van der Waals surface area (Å²) >= 11 is 3.42. The Morgan fingerprint density at radius 2 is 2.00 bits per heavy atom. The van der Waals surface area contributed by atoms with E-state index in [1.807, 2.05) is 28.8 Å². The first-order chi connectivity index (χ1) is 10.3. The van der Waals surface area contributed by atoms with E-state index in [1.165, 1.54) is 6.33 Å². The summed E-state index contributed by atoms with van der Waals surface area (Å²) in [6.45, 7) is 1.33. The molecule has 0 atom stereocenters. The SMILES string of the molecule is COCCn1cnc2c(Nc3ccc(Br)cc3)ncnc21.